The largest absolute Gasteiger partial charge is 0.432 e. The van der Waals surface area contributed by atoms with Crippen LogP contribution in [0.15, 0.2) is 83.9 Å². The van der Waals surface area contributed by atoms with Crippen molar-refractivity contribution in [2.45, 2.75) is 6.92 Å². The monoisotopic (exact) mass is 426 g/mol. The van der Waals surface area contributed by atoms with Gasteiger partial charge in [0.25, 0.3) is 0 Å². The van der Waals surface area contributed by atoms with E-state index in [2.05, 4.69) is 26.7 Å². The Morgan fingerprint density at radius 1 is 1.06 bits per heavy atom. The van der Waals surface area contributed by atoms with E-state index in [1.54, 1.807) is 42.9 Å². The molecule has 0 radical (unpaired) electrons. The lowest BCUT2D eigenvalue weighted by Crippen LogP contribution is -2.19. The molecular formula is C23H18N6OS. The van der Waals surface area contributed by atoms with Crippen LogP contribution in [0.2, 0.25) is 0 Å². The SMILES string of the molecule is Cc1ccc(NC(=S)Nc2ccc(C#N)cc2)cc1N(c1cccnc1)c1ncco1. The van der Waals surface area contributed by atoms with Crippen LogP contribution in [-0.2, 0) is 0 Å². The number of rotatable bonds is 5. The average Bonchev–Trinajstić information content (AvgIpc) is 3.32. The standard InChI is InChI=1S/C23H18N6OS/c1-16-4-7-19(28-22(31)27-18-8-5-17(14-24)6-9-18)13-21(16)29(23-26-11-12-30-23)20-3-2-10-25-15-20/h2-13,15H,1H3,(H2,27,28,31). The summed E-state index contributed by atoms with van der Waals surface area (Å²) in [5, 5.41) is 15.7. The molecule has 2 N–H and O–H groups in total. The molecule has 4 aromatic rings. The van der Waals surface area contributed by atoms with Gasteiger partial charge >= 0.3 is 6.01 Å². The van der Waals surface area contributed by atoms with Crippen molar-refractivity contribution in [1.82, 2.24) is 9.97 Å². The summed E-state index contributed by atoms with van der Waals surface area (Å²) >= 11 is 5.45. The smallest absolute Gasteiger partial charge is 0.306 e. The minimum atomic E-state index is 0.434. The number of benzene rings is 2. The lowest BCUT2D eigenvalue weighted by atomic mass is 10.1. The van der Waals surface area contributed by atoms with Gasteiger partial charge < -0.3 is 15.1 Å². The minimum Gasteiger partial charge on any atom is -0.432 e. The summed E-state index contributed by atoms with van der Waals surface area (Å²) in [5.41, 5.74) is 4.91. The third kappa shape index (κ3) is 4.69. The maximum absolute atomic E-state index is 8.92. The highest BCUT2D eigenvalue weighted by Gasteiger charge is 2.19. The van der Waals surface area contributed by atoms with Crippen molar-refractivity contribution in [3.8, 4) is 6.07 Å². The van der Waals surface area contributed by atoms with Crippen molar-refractivity contribution in [2.75, 3.05) is 15.5 Å². The van der Waals surface area contributed by atoms with Crippen molar-refractivity contribution < 1.29 is 4.42 Å². The molecule has 2 heterocycles. The fraction of sp³-hybridized carbons (Fsp3) is 0.0435. The second-order valence-electron chi connectivity index (χ2n) is 6.63. The van der Waals surface area contributed by atoms with Crippen LogP contribution >= 0.6 is 12.2 Å². The molecule has 0 fully saturated rings. The molecule has 8 heteroatoms. The molecule has 0 aliphatic heterocycles. The van der Waals surface area contributed by atoms with Gasteiger partial charge in [-0.1, -0.05) is 6.07 Å². The average molecular weight is 427 g/mol. The van der Waals surface area contributed by atoms with Crippen LogP contribution in [0.4, 0.5) is 28.8 Å². The molecule has 7 nitrogen and oxygen atoms in total. The molecule has 4 rings (SSSR count). The number of thiocarbonyl (C=S) groups is 1. The Hall–Kier alpha value is -4.22. The van der Waals surface area contributed by atoms with Crippen molar-refractivity contribution in [1.29, 1.82) is 5.26 Å². The number of nitriles is 1. The highest BCUT2D eigenvalue weighted by atomic mass is 32.1. The molecule has 0 aliphatic rings. The van der Waals surface area contributed by atoms with Crippen LogP contribution < -0.4 is 15.5 Å². The van der Waals surface area contributed by atoms with Gasteiger partial charge in [0.2, 0.25) is 0 Å². The number of oxazole rings is 1. The van der Waals surface area contributed by atoms with E-state index in [0.717, 1.165) is 28.3 Å². The van der Waals surface area contributed by atoms with Gasteiger partial charge in [-0.3, -0.25) is 9.88 Å². The van der Waals surface area contributed by atoms with Gasteiger partial charge in [0.05, 0.1) is 35.4 Å². The first-order valence-electron chi connectivity index (χ1n) is 9.42. The normalized spacial score (nSPS) is 10.2. The Labute approximate surface area is 185 Å². The van der Waals surface area contributed by atoms with Gasteiger partial charge in [-0.15, -0.1) is 0 Å². The molecule has 0 amide bonds. The number of nitrogens with zero attached hydrogens (tertiary/aromatic N) is 4. The topological polar surface area (TPSA) is 90.0 Å². The maximum atomic E-state index is 8.92. The van der Waals surface area contributed by atoms with E-state index in [-0.39, 0.29) is 0 Å². The lowest BCUT2D eigenvalue weighted by molar-refractivity contribution is 0.565. The Bertz CT molecular complexity index is 1220. The second-order valence-corrected chi connectivity index (χ2v) is 7.04. The molecule has 152 valence electrons. The van der Waals surface area contributed by atoms with Gasteiger partial charge in [-0.2, -0.15) is 5.26 Å². The van der Waals surface area contributed by atoms with Crippen molar-refractivity contribution in [3.63, 3.8) is 0 Å². The van der Waals surface area contributed by atoms with E-state index in [1.807, 2.05) is 42.2 Å². The molecular weight excluding hydrogens is 408 g/mol. The van der Waals surface area contributed by atoms with Gasteiger partial charge in [-0.25, -0.2) is 4.98 Å². The predicted molar refractivity (Wildman–Crippen MR) is 125 cm³/mol. The fourth-order valence-corrected chi connectivity index (χ4v) is 3.25. The molecule has 2 aromatic carbocycles. The van der Waals surface area contributed by atoms with Crippen LogP contribution in [0.5, 0.6) is 0 Å². The van der Waals surface area contributed by atoms with Crippen molar-refractivity contribution in [2.24, 2.45) is 0 Å². The number of hydrogen-bond acceptors (Lipinski definition) is 6. The van der Waals surface area contributed by atoms with Crippen LogP contribution in [0.1, 0.15) is 11.1 Å². The highest BCUT2D eigenvalue weighted by molar-refractivity contribution is 7.80. The molecule has 0 saturated heterocycles. The molecule has 31 heavy (non-hydrogen) atoms. The quantitative estimate of drug-likeness (QED) is 0.403. The summed E-state index contributed by atoms with van der Waals surface area (Å²) in [5.74, 6) is 0. The third-order valence-electron chi connectivity index (χ3n) is 4.49. The Balaban J connectivity index is 1.60. The Morgan fingerprint density at radius 2 is 1.84 bits per heavy atom. The van der Waals surface area contributed by atoms with Gasteiger partial charge in [-0.05, 0) is 73.2 Å². The number of anilines is 5. The first-order chi connectivity index (χ1) is 15.1. The minimum absolute atomic E-state index is 0.434. The van der Waals surface area contributed by atoms with E-state index in [9.17, 15) is 0 Å². The van der Waals surface area contributed by atoms with E-state index >= 15 is 0 Å². The van der Waals surface area contributed by atoms with Gasteiger partial charge in [0, 0.05) is 17.6 Å². The predicted octanol–water partition coefficient (Wildman–Crippen LogP) is 5.53. The summed E-state index contributed by atoms with van der Waals surface area (Å²) in [6.45, 7) is 2.01. The molecule has 0 bridgehead atoms. The van der Waals surface area contributed by atoms with E-state index < -0.39 is 0 Å². The molecule has 0 saturated carbocycles. The van der Waals surface area contributed by atoms with Gasteiger partial charge in [0.1, 0.15) is 6.26 Å². The number of aryl methyl sites for hydroxylation is 1. The summed E-state index contributed by atoms with van der Waals surface area (Å²) in [6, 6.07) is 19.3. The first-order valence-corrected chi connectivity index (χ1v) is 9.83. The summed E-state index contributed by atoms with van der Waals surface area (Å²) in [7, 11) is 0. The molecule has 0 aliphatic carbocycles. The number of hydrogen-bond donors (Lipinski definition) is 2. The van der Waals surface area contributed by atoms with Gasteiger partial charge in [0.15, 0.2) is 5.11 Å². The maximum Gasteiger partial charge on any atom is 0.306 e. The van der Waals surface area contributed by atoms with Crippen LogP contribution in [-0.4, -0.2) is 15.1 Å². The van der Waals surface area contributed by atoms with Crippen molar-refractivity contribution in [3.05, 3.63) is 90.6 Å². The van der Waals surface area contributed by atoms with E-state index in [4.69, 9.17) is 21.9 Å². The van der Waals surface area contributed by atoms with E-state index in [0.29, 0.717) is 16.7 Å². The van der Waals surface area contributed by atoms with Crippen LogP contribution in [0, 0.1) is 18.3 Å². The Kier molecular flexibility index (Phi) is 5.87. The summed E-state index contributed by atoms with van der Waals surface area (Å²) in [4.78, 5) is 10.4. The number of pyridine rings is 1. The highest BCUT2D eigenvalue weighted by Crippen LogP contribution is 2.36. The number of aromatic nitrogens is 2. The summed E-state index contributed by atoms with van der Waals surface area (Å²) < 4.78 is 5.58. The fourth-order valence-electron chi connectivity index (χ4n) is 3.01. The summed E-state index contributed by atoms with van der Waals surface area (Å²) in [6.07, 6.45) is 6.61. The van der Waals surface area contributed by atoms with Crippen molar-refractivity contribution >= 4 is 46.1 Å². The van der Waals surface area contributed by atoms with Crippen LogP contribution in [0.25, 0.3) is 0 Å². The zero-order valence-electron chi connectivity index (χ0n) is 16.6. The first kappa shape index (κ1) is 20.1. The zero-order valence-corrected chi connectivity index (χ0v) is 17.4. The van der Waals surface area contributed by atoms with Crippen LogP contribution in [0.3, 0.4) is 0 Å². The molecule has 2 aromatic heterocycles. The Morgan fingerprint density at radius 3 is 2.52 bits per heavy atom. The molecule has 0 unspecified atom stereocenters. The third-order valence-corrected chi connectivity index (χ3v) is 4.70. The lowest BCUT2D eigenvalue weighted by Gasteiger charge is -2.23. The zero-order chi connectivity index (χ0) is 21.6. The molecule has 0 spiro atoms. The number of nitrogens with one attached hydrogen (secondary N) is 2. The second kappa shape index (κ2) is 9.07. The molecule has 0 atom stereocenters. The van der Waals surface area contributed by atoms with E-state index in [1.165, 1.54) is 6.26 Å².